The third-order valence-corrected chi connectivity index (χ3v) is 6.05. The second-order valence-corrected chi connectivity index (χ2v) is 8.85. The van der Waals surface area contributed by atoms with Crippen molar-refractivity contribution in [3.8, 4) is 0 Å². The van der Waals surface area contributed by atoms with E-state index in [1.165, 1.54) is 6.07 Å². The quantitative estimate of drug-likeness (QED) is 0.764. The Morgan fingerprint density at radius 3 is 2.74 bits per heavy atom. The molecule has 1 amide bonds. The molecule has 1 unspecified atom stereocenters. The van der Waals surface area contributed by atoms with Crippen LogP contribution in [0.1, 0.15) is 56.8 Å². The van der Waals surface area contributed by atoms with E-state index in [0.29, 0.717) is 26.1 Å². The zero-order valence-electron chi connectivity index (χ0n) is 16.2. The number of carbonyl (C=O) groups is 1. The number of amides is 1. The molecule has 0 radical (unpaired) electrons. The van der Waals surface area contributed by atoms with Gasteiger partial charge in [0, 0.05) is 25.7 Å². The van der Waals surface area contributed by atoms with Gasteiger partial charge in [-0.25, -0.2) is 17.5 Å². The highest BCUT2D eigenvalue weighted by atomic mass is 32.2. The first-order chi connectivity index (χ1) is 12.7. The Balaban J connectivity index is 2.17. The third kappa shape index (κ3) is 5.99. The minimum Gasteiger partial charge on any atom is -0.378 e. The van der Waals surface area contributed by atoms with Gasteiger partial charge in [-0.15, -0.1) is 0 Å². The number of rotatable bonds is 7. The Hall–Kier alpha value is -1.51. The van der Waals surface area contributed by atoms with Crippen molar-refractivity contribution < 1.29 is 22.3 Å². The summed E-state index contributed by atoms with van der Waals surface area (Å²) in [6, 6.07) is 3.03. The first-order valence-corrected chi connectivity index (χ1v) is 11.0. The molecule has 0 saturated carbocycles. The van der Waals surface area contributed by atoms with Crippen LogP contribution in [0.5, 0.6) is 0 Å². The van der Waals surface area contributed by atoms with Gasteiger partial charge in [-0.2, -0.15) is 0 Å². The second kappa shape index (κ2) is 9.61. The molecule has 1 aromatic carbocycles. The molecule has 1 heterocycles. The molecule has 2 rings (SSSR count). The van der Waals surface area contributed by atoms with Crippen LogP contribution in [0.4, 0.5) is 4.39 Å². The Kier molecular flexibility index (Phi) is 7.76. The number of carbonyl (C=O) groups excluding carboxylic acids is 1. The summed E-state index contributed by atoms with van der Waals surface area (Å²) in [5, 5.41) is 0. The lowest BCUT2D eigenvalue weighted by Gasteiger charge is -2.21. The highest BCUT2D eigenvalue weighted by molar-refractivity contribution is 7.89. The van der Waals surface area contributed by atoms with Crippen molar-refractivity contribution in [2.24, 2.45) is 0 Å². The van der Waals surface area contributed by atoms with Crippen molar-refractivity contribution in [2.45, 2.75) is 63.5 Å². The molecule has 6 nitrogen and oxygen atoms in total. The highest BCUT2D eigenvalue weighted by Crippen LogP contribution is 2.20. The standard InChI is InChI=1S/C19H29FN2O4S/c1-4-12-26-15-6-5-10-22(11-9-15)19(23)17-13-16(7-8-18(17)20)27(24,25)21-14(2)3/h7-8,13-15,21H,4-6,9-12H2,1-3H3. The smallest absolute Gasteiger partial charge is 0.256 e. The molecule has 0 aliphatic carbocycles. The number of nitrogens with one attached hydrogen (secondary N) is 1. The normalized spacial score (nSPS) is 18.6. The van der Waals surface area contributed by atoms with Gasteiger partial charge >= 0.3 is 0 Å². The van der Waals surface area contributed by atoms with Gasteiger partial charge in [0.15, 0.2) is 0 Å². The van der Waals surface area contributed by atoms with E-state index in [1.807, 2.05) is 6.92 Å². The number of hydrogen-bond donors (Lipinski definition) is 1. The molecule has 1 fully saturated rings. The maximum Gasteiger partial charge on any atom is 0.256 e. The van der Waals surface area contributed by atoms with Crippen LogP contribution in [-0.2, 0) is 14.8 Å². The molecule has 1 aromatic rings. The number of hydrogen-bond acceptors (Lipinski definition) is 4. The van der Waals surface area contributed by atoms with Gasteiger partial charge in [-0.1, -0.05) is 6.92 Å². The minimum atomic E-state index is -3.80. The number of nitrogens with zero attached hydrogens (tertiary/aromatic N) is 1. The molecule has 1 N–H and O–H groups in total. The lowest BCUT2D eigenvalue weighted by atomic mass is 10.1. The lowest BCUT2D eigenvalue weighted by molar-refractivity contribution is 0.0432. The average Bonchev–Trinajstić information content (AvgIpc) is 2.84. The summed E-state index contributed by atoms with van der Waals surface area (Å²) in [6.45, 7) is 7.10. The molecule has 1 aliphatic heterocycles. The molecule has 0 spiro atoms. The van der Waals surface area contributed by atoms with E-state index in [-0.39, 0.29) is 22.6 Å². The zero-order valence-corrected chi connectivity index (χ0v) is 17.0. The SMILES string of the molecule is CCCOC1CCCN(C(=O)c2cc(S(=O)(=O)NC(C)C)ccc2F)CC1. The Morgan fingerprint density at radius 2 is 2.07 bits per heavy atom. The van der Waals surface area contributed by atoms with Crippen LogP contribution in [0.15, 0.2) is 23.1 Å². The zero-order chi connectivity index (χ0) is 20.0. The second-order valence-electron chi connectivity index (χ2n) is 7.13. The minimum absolute atomic E-state index is 0.106. The van der Waals surface area contributed by atoms with Crippen LogP contribution in [0.3, 0.4) is 0 Å². The number of halogens is 1. The van der Waals surface area contributed by atoms with Gasteiger partial charge in [0.2, 0.25) is 10.0 Å². The summed E-state index contributed by atoms with van der Waals surface area (Å²) in [4.78, 5) is 14.3. The highest BCUT2D eigenvalue weighted by Gasteiger charge is 2.26. The van der Waals surface area contributed by atoms with E-state index in [1.54, 1.807) is 18.7 Å². The van der Waals surface area contributed by atoms with E-state index in [4.69, 9.17) is 4.74 Å². The van der Waals surface area contributed by atoms with E-state index >= 15 is 0 Å². The van der Waals surface area contributed by atoms with E-state index < -0.39 is 21.7 Å². The largest absolute Gasteiger partial charge is 0.378 e. The van der Waals surface area contributed by atoms with Gasteiger partial charge in [-0.05, 0) is 57.7 Å². The number of ether oxygens (including phenoxy) is 1. The van der Waals surface area contributed by atoms with Crippen molar-refractivity contribution in [1.82, 2.24) is 9.62 Å². The van der Waals surface area contributed by atoms with Gasteiger partial charge in [0.1, 0.15) is 5.82 Å². The average molecular weight is 401 g/mol. The summed E-state index contributed by atoms with van der Waals surface area (Å²) in [5.74, 6) is -1.20. The van der Waals surface area contributed by atoms with Crippen molar-refractivity contribution in [1.29, 1.82) is 0 Å². The maximum absolute atomic E-state index is 14.3. The van der Waals surface area contributed by atoms with Crippen molar-refractivity contribution in [3.63, 3.8) is 0 Å². The summed E-state index contributed by atoms with van der Waals surface area (Å²) >= 11 is 0. The lowest BCUT2D eigenvalue weighted by Crippen LogP contribution is -2.34. The van der Waals surface area contributed by atoms with Crippen molar-refractivity contribution in [3.05, 3.63) is 29.6 Å². The molecular weight excluding hydrogens is 371 g/mol. The monoisotopic (exact) mass is 400 g/mol. The van der Waals surface area contributed by atoms with Gasteiger partial charge in [-0.3, -0.25) is 4.79 Å². The third-order valence-electron chi connectivity index (χ3n) is 4.39. The first kappa shape index (κ1) is 21.8. The van der Waals surface area contributed by atoms with Gasteiger partial charge in [0.25, 0.3) is 5.91 Å². The van der Waals surface area contributed by atoms with Crippen molar-refractivity contribution in [2.75, 3.05) is 19.7 Å². The molecule has 0 aromatic heterocycles. The van der Waals surface area contributed by atoms with Crippen LogP contribution < -0.4 is 4.72 Å². The summed E-state index contributed by atoms with van der Waals surface area (Å²) in [5.41, 5.74) is -0.213. The van der Waals surface area contributed by atoms with E-state index in [9.17, 15) is 17.6 Å². The summed E-state index contributed by atoms with van der Waals surface area (Å²) in [7, 11) is -3.80. The van der Waals surface area contributed by atoms with Crippen LogP contribution in [0, 0.1) is 5.82 Å². The molecule has 27 heavy (non-hydrogen) atoms. The molecule has 1 saturated heterocycles. The fraction of sp³-hybridized carbons (Fsp3) is 0.632. The number of benzene rings is 1. The molecule has 8 heteroatoms. The Bertz CT molecular complexity index is 752. The predicted octanol–water partition coefficient (Wildman–Crippen LogP) is 2.93. The number of sulfonamides is 1. The van der Waals surface area contributed by atoms with Crippen LogP contribution >= 0.6 is 0 Å². The van der Waals surface area contributed by atoms with Crippen molar-refractivity contribution >= 4 is 15.9 Å². The predicted molar refractivity (Wildman–Crippen MR) is 102 cm³/mol. The Labute approximate surface area is 161 Å². The van der Waals surface area contributed by atoms with Gasteiger partial charge < -0.3 is 9.64 Å². The van der Waals surface area contributed by atoms with Gasteiger partial charge in [0.05, 0.1) is 16.6 Å². The van der Waals surface area contributed by atoms with Crippen LogP contribution in [-0.4, -0.2) is 51.1 Å². The first-order valence-electron chi connectivity index (χ1n) is 9.47. The summed E-state index contributed by atoms with van der Waals surface area (Å²) in [6.07, 6.45) is 3.37. The molecule has 1 aliphatic rings. The topological polar surface area (TPSA) is 75.7 Å². The fourth-order valence-corrected chi connectivity index (χ4v) is 4.38. The van der Waals surface area contributed by atoms with E-state index in [2.05, 4.69) is 4.72 Å². The molecule has 0 bridgehead atoms. The molecule has 1 atom stereocenters. The maximum atomic E-state index is 14.3. The molecule has 152 valence electrons. The van der Waals surface area contributed by atoms with Crippen LogP contribution in [0.25, 0.3) is 0 Å². The Morgan fingerprint density at radius 1 is 1.33 bits per heavy atom. The van der Waals surface area contributed by atoms with E-state index in [0.717, 1.165) is 31.4 Å². The number of likely N-dealkylation sites (tertiary alicyclic amines) is 1. The fourth-order valence-electron chi connectivity index (χ4n) is 3.10. The van der Waals surface area contributed by atoms with Crippen LogP contribution in [0.2, 0.25) is 0 Å². The summed E-state index contributed by atoms with van der Waals surface area (Å²) < 4.78 is 47.2. The molecular formula is C19H29FN2O4S.